The maximum absolute atomic E-state index is 12.7. The van der Waals surface area contributed by atoms with Gasteiger partial charge in [0.25, 0.3) is 5.91 Å². The van der Waals surface area contributed by atoms with Gasteiger partial charge >= 0.3 is 6.03 Å². The van der Waals surface area contributed by atoms with E-state index in [4.69, 9.17) is 4.74 Å². The van der Waals surface area contributed by atoms with Gasteiger partial charge in [0, 0.05) is 12.0 Å². The number of urea groups is 1. The molecule has 0 aliphatic carbocycles. The molecule has 1 saturated heterocycles. The van der Waals surface area contributed by atoms with E-state index in [0.29, 0.717) is 25.4 Å². The Morgan fingerprint density at radius 1 is 1.37 bits per heavy atom. The Bertz CT molecular complexity index is 748. The number of para-hydroxylation sites is 1. The van der Waals surface area contributed by atoms with Crippen LogP contribution in [-0.2, 0) is 9.59 Å². The van der Waals surface area contributed by atoms with Gasteiger partial charge < -0.3 is 15.4 Å². The van der Waals surface area contributed by atoms with Crippen molar-refractivity contribution in [2.24, 2.45) is 5.92 Å². The Morgan fingerprint density at radius 2 is 2.11 bits per heavy atom. The SMILES string of the molecule is CC(C)CC[C@@]1(C)NC(=O)N(CC(=O)N[C@@H]2CCOc3ccccc32)C1=O. The second-order valence-electron chi connectivity index (χ2n) is 7.88. The number of hydrogen-bond donors (Lipinski definition) is 2. The van der Waals surface area contributed by atoms with Crippen LogP contribution < -0.4 is 15.4 Å². The Labute approximate surface area is 159 Å². The molecule has 0 saturated carbocycles. The van der Waals surface area contributed by atoms with Crippen LogP contribution in [0.3, 0.4) is 0 Å². The number of benzene rings is 1. The van der Waals surface area contributed by atoms with Crippen molar-refractivity contribution < 1.29 is 19.1 Å². The predicted octanol–water partition coefficient (Wildman–Crippen LogP) is 2.37. The highest BCUT2D eigenvalue weighted by atomic mass is 16.5. The van der Waals surface area contributed by atoms with E-state index in [1.807, 2.05) is 24.3 Å². The molecule has 27 heavy (non-hydrogen) atoms. The minimum Gasteiger partial charge on any atom is -0.493 e. The zero-order valence-corrected chi connectivity index (χ0v) is 16.1. The van der Waals surface area contributed by atoms with Gasteiger partial charge in [0.1, 0.15) is 17.8 Å². The van der Waals surface area contributed by atoms with Crippen LogP contribution in [0.5, 0.6) is 5.75 Å². The van der Waals surface area contributed by atoms with Gasteiger partial charge in [-0.25, -0.2) is 4.79 Å². The van der Waals surface area contributed by atoms with Crippen LogP contribution in [0.15, 0.2) is 24.3 Å². The van der Waals surface area contributed by atoms with Crippen LogP contribution in [0.25, 0.3) is 0 Å². The van der Waals surface area contributed by atoms with Crippen molar-refractivity contribution in [3.8, 4) is 5.75 Å². The summed E-state index contributed by atoms with van der Waals surface area (Å²) in [5, 5.41) is 5.68. The highest BCUT2D eigenvalue weighted by Crippen LogP contribution is 2.31. The van der Waals surface area contributed by atoms with E-state index in [1.165, 1.54) is 0 Å². The third-order valence-electron chi connectivity index (χ3n) is 5.16. The molecule has 2 aliphatic rings. The third-order valence-corrected chi connectivity index (χ3v) is 5.16. The molecule has 7 nitrogen and oxygen atoms in total. The van der Waals surface area contributed by atoms with E-state index >= 15 is 0 Å². The molecular formula is C20H27N3O4. The lowest BCUT2D eigenvalue weighted by Crippen LogP contribution is -2.45. The third kappa shape index (κ3) is 4.07. The standard InChI is InChI=1S/C20H27N3O4/c1-13(2)8-10-20(3)18(25)23(19(26)22-20)12-17(24)21-15-9-11-27-16-7-5-4-6-14(15)16/h4-7,13,15H,8-12H2,1-3H3,(H,21,24)(H,22,26)/t15-,20-/m1/s1. The minimum absolute atomic E-state index is 0.185. The molecule has 2 heterocycles. The number of imide groups is 1. The van der Waals surface area contributed by atoms with Crippen LogP contribution in [0.1, 0.15) is 51.6 Å². The second kappa shape index (κ2) is 7.58. The fourth-order valence-corrected chi connectivity index (χ4v) is 3.51. The fraction of sp³-hybridized carbons (Fsp3) is 0.550. The molecule has 0 bridgehead atoms. The van der Waals surface area contributed by atoms with Crippen molar-refractivity contribution in [1.29, 1.82) is 0 Å². The molecule has 4 amide bonds. The molecule has 0 radical (unpaired) electrons. The number of carbonyl (C=O) groups excluding carboxylic acids is 3. The number of hydrogen-bond acceptors (Lipinski definition) is 4. The van der Waals surface area contributed by atoms with Gasteiger partial charge in [0.15, 0.2) is 0 Å². The number of nitrogens with one attached hydrogen (secondary N) is 2. The van der Waals surface area contributed by atoms with Crippen LogP contribution in [0.2, 0.25) is 0 Å². The summed E-state index contributed by atoms with van der Waals surface area (Å²) >= 11 is 0. The number of fused-ring (bicyclic) bond motifs is 1. The molecule has 3 rings (SSSR count). The maximum Gasteiger partial charge on any atom is 0.325 e. The molecule has 0 unspecified atom stereocenters. The van der Waals surface area contributed by atoms with Crippen molar-refractivity contribution in [3.63, 3.8) is 0 Å². The van der Waals surface area contributed by atoms with Gasteiger partial charge in [-0.3, -0.25) is 14.5 Å². The van der Waals surface area contributed by atoms with Gasteiger partial charge in [-0.15, -0.1) is 0 Å². The molecular weight excluding hydrogens is 346 g/mol. The Kier molecular flexibility index (Phi) is 5.39. The number of ether oxygens (including phenoxy) is 1. The molecule has 2 aliphatic heterocycles. The Morgan fingerprint density at radius 3 is 2.85 bits per heavy atom. The first kappa shape index (κ1) is 19.2. The van der Waals surface area contributed by atoms with E-state index in [0.717, 1.165) is 22.6 Å². The first-order valence-electron chi connectivity index (χ1n) is 9.45. The van der Waals surface area contributed by atoms with Gasteiger partial charge in [0.2, 0.25) is 5.91 Å². The molecule has 2 atom stereocenters. The average molecular weight is 373 g/mol. The van der Waals surface area contributed by atoms with Gasteiger partial charge in [-0.2, -0.15) is 0 Å². The Hall–Kier alpha value is -2.57. The molecule has 1 fully saturated rings. The average Bonchev–Trinajstić information content (AvgIpc) is 2.84. The smallest absolute Gasteiger partial charge is 0.325 e. The molecule has 1 aromatic carbocycles. The largest absolute Gasteiger partial charge is 0.493 e. The van der Waals surface area contributed by atoms with E-state index < -0.39 is 11.6 Å². The molecule has 0 aromatic heterocycles. The highest BCUT2D eigenvalue weighted by molar-refractivity contribution is 6.08. The monoisotopic (exact) mass is 373 g/mol. The summed E-state index contributed by atoms with van der Waals surface area (Å²) < 4.78 is 5.60. The summed E-state index contributed by atoms with van der Waals surface area (Å²) in [5.74, 6) is 0.492. The second-order valence-corrected chi connectivity index (χ2v) is 7.88. The number of amides is 4. The van der Waals surface area contributed by atoms with Gasteiger partial charge in [-0.05, 0) is 31.7 Å². The quantitative estimate of drug-likeness (QED) is 0.750. The summed E-state index contributed by atoms with van der Waals surface area (Å²) in [6, 6.07) is 6.87. The Balaban J connectivity index is 1.63. The highest BCUT2D eigenvalue weighted by Gasteiger charge is 2.48. The normalized spacial score (nSPS) is 24.4. The summed E-state index contributed by atoms with van der Waals surface area (Å²) in [6.07, 6.45) is 2.02. The molecule has 1 aromatic rings. The van der Waals surface area contributed by atoms with Crippen LogP contribution in [0, 0.1) is 5.92 Å². The number of carbonyl (C=O) groups is 3. The van der Waals surface area contributed by atoms with Crippen molar-refractivity contribution in [1.82, 2.24) is 15.5 Å². The first-order valence-corrected chi connectivity index (χ1v) is 9.45. The summed E-state index contributed by atoms with van der Waals surface area (Å²) in [5.41, 5.74) is -0.0246. The maximum atomic E-state index is 12.7. The molecule has 2 N–H and O–H groups in total. The minimum atomic E-state index is -0.938. The summed E-state index contributed by atoms with van der Waals surface area (Å²) in [4.78, 5) is 38.5. The number of rotatable bonds is 6. The zero-order chi connectivity index (χ0) is 19.6. The van der Waals surface area contributed by atoms with E-state index in [9.17, 15) is 14.4 Å². The summed E-state index contributed by atoms with van der Waals surface area (Å²) in [6.45, 7) is 6.10. The van der Waals surface area contributed by atoms with Crippen LogP contribution >= 0.6 is 0 Å². The van der Waals surface area contributed by atoms with Crippen molar-refractivity contribution >= 4 is 17.8 Å². The molecule has 0 spiro atoms. The van der Waals surface area contributed by atoms with E-state index in [2.05, 4.69) is 24.5 Å². The van der Waals surface area contributed by atoms with Gasteiger partial charge in [0.05, 0.1) is 12.6 Å². The van der Waals surface area contributed by atoms with Crippen LogP contribution in [0.4, 0.5) is 4.79 Å². The lowest BCUT2D eigenvalue weighted by Gasteiger charge is -2.27. The molecule has 7 heteroatoms. The summed E-state index contributed by atoms with van der Waals surface area (Å²) in [7, 11) is 0. The number of nitrogens with zero attached hydrogens (tertiary/aromatic N) is 1. The lowest BCUT2D eigenvalue weighted by atomic mass is 9.92. The van der Waals surface area contributed by atoms with E-state index in [1.54, 1.807) is 6.92 Å². The fourth-order valence-electron chi connectivity index (χ4n) is 3.51. The predicted molar refractivity (Wildman–Crippen MR) is 100 cm³/mol. The molecule has 146 valence electrons. The van der Waals surface area contributed by atoms with Crippen molar-refractivity contribution in [2.75, 3.05) is 13.2 Å². The first-order chi connectivity index (χ1) is 12.8. The van der Waals surface area contributed by atoms with E-state index in [-0.39, 0.29) is 24.4 Å². The van der Waals surface area contributed by atoms with Gasteiger partial charge in [-0.1, -0.05) is 32.0 Å². The lowest BCUT2D eigenvalue weighted by molar-refractivity contribution is -0.135. The topological polar surface area (TPSA) is 87.7 Å². The van der Waals surface area contributed by atoms with Crippen LogP contribution in [-0.4, -0.2) is 41.4 Å². The zero-order valence-electron chi connectivity index (χ0n) is 16.1. The van der Waals surface area contributed by atoms with Crippen molar-refractivity contribution in [2.45, 2.75) is 51.6 Å². The van der Waals surface area contributed by atoms with Crippen molar-refractivity contribution in [3.05, 3.63) is 29.8 Å².